The molecule has 0 unspecified atom stereocenters. The fraction of sp³-hybridized carbons (Fsp3) is 0.529. The first-order chi connectivity index (χ1) is 22.4. The molecule has 2 aliphatic heterocycles. The number of rotatable bonds is 9. The van der Waals surface area contributed by atoms with Gasteiger partial charge in [0.1, 0.15) is 12.3 Å². The number of benzene rings is 2. The van der Waals surface area contributed by atoms with E-state index in [4.69, 9.17) is 9.47 Å². The summed E-state index contributed by atoms with van der Waals surface area (Å²) in [5.41, 5.74) is 2.19. The van der Waals surface area contributed by atoms with E-state index in [0.717, 1.165) is 76.8 Å². The summed E-state index contributed by atoms with van der Waals surface area (Å²) >= 11 is 0. The Balaban J connectivity index is 1.14. The SMILES string of the molecule is CS(=O)(=O)c1ccc(NCC#Cc2cc3c(N[C@H]4CC[C@@H](N5CC6(CCOCC6)C5)CC4)cccc3n2CC(F)(F)F)c(OCF)c1. The number of aromatic nitrogens is 1. The van der Waals surface area contributed by atoms with E-state index in [9.17, 15) is 26.0 Å². The van der Waals surface area contributed by atoms with Crippen molar-refractivity contribution >= 4 is 32.1 Å². The van der Waals surface area contributed by atoms with E-state index < -0.39 is 29.4 Å². The number of fused-ring (bicyclic) bond motifs is 1. The van der Waals surface area contributed by atoms with Crippen LogP contribution in [0.1, 0.15) is 44.2 Å². The number of halogens is 4. The molecule has 3 aliphatic rings. The highest BCUT2D eigenvalue weighted by molar-refractivity contribution is 7.90. The minimum atomic E-state index is -4.46. The Morgan fingerprint density at radius 2 is 1.79 bits per heavy atom. The first-order valence-corrected chi connectivity index (χ1v) is 17.9. The Labute approximate surface area is 272 Å². The summed E-state index contributed by atoms with van der Waals surface area (Å²) in [6.07, 6.45) is 3.05. The first-order valence-electron chi connectivity index (χ1n) is 16.0. The van der Waals surface area contributed by atoms with E-state index in [2.05, 4.69) is 27.4 Å². The molecule has 1 aromatic heterocycles. The Morgan fingerprint density at radius 1 is 1.04 bits per heavy atom. The maximum atomic E-state index is 13.7. The lowest BCUT2D eigenvalue weighted by molar-refractivity contribution is -0.140. The van der Waals surface area contributed by atoms with E-state index in [0.29, 0.717) is 28.0 Å². The summed E-state index contributed by atoms with van der Waals surface area (Å²) in [6, 6.07) is 11.8. The molecule has 8 nitrogen and oxygen atoms in total. The van der Waals surface area contributed by atoms with Gasteiger partial charge in [-0.25, -0.2) is 12.8 Å². The minimum Gasteiger partial charge on any atom is -0.461 e. The van der Waals surface area contributed by atoms with Crippen molar-refractivity contribution in [3.63, 3.8) is 0 Å². The zero-order valence-corrected chi connectivity index (χ0v) is 27.2. The van der Waals surface area contributed by atoms with Crippen molar-refractivity contribution < 1.29 is 35.5 Å². The number of nitrogens with one attached hydrogen (secondary N) is 2. The van der Waals surface area contributed by atoms with E-state index in [-0.39, 0.29) is 28.9 Å². The summed E-state index contributed by atoms with van der Waals surface area (Å²) in [4.78, 5) is 2.59. The number of alkyl halides is 4. The lowest BCUT2D eigenvalue weighted by Gasteiger charge is -2.56. The number of nitrogens with zero attached hydrogens (tertiary/aromatic N) is 2. The molecule has 254 valence electrons. The van der Waals surface area contributed by atoms with Gasteiger partial charge in [-0.3, -0.25) is 4.90 Å². The van der Waals surface area contributed by atoms with Gasteiger partial charge in [-0.2, -0.15) is 13.2 Å². The third-order valence-electron chi connectivity index (χ3n) is 9.66. The van der Waals surface area contributed by atoms with Gasteiger partial charge >= 0.3 is 6.18 Å². The third-order valence-corrected chi connectivity index (χ3v) is 10.8. The van der Waals surface area contributed by atoms with Crippen molar-refractivity contribution in [2.45, 2.75) is 68.2 Å². The second kappa shape index (κ2) is 13.6. The van der Waals surface area contributed by atoms with E-state index in [1.807, 2.05) is 6.07 Å². The van der Waals surface area contributed by atoms with E-state index in [1.165, 1.54) is 22.8 Å². The maximum absolute atomic E-state index is 13.7. The van der Waals surface area contributed by atoms with Crippen LogP contribution in [0.4, 0.5) is 28.9 Å². The number of anilines is 2. The van der Waals surface area contributed by atoms with Crippen LogP contribution in [-0.4, -0.2) is 82.1 Å². The molecule has 3 heterocycles. The van der Waals surface area contributed by atoms with Crippen LogP contribution in [-0.2, 0) is 21.1 Å². The molecule has 2 aromatic carbocycles. The van der Waals surface area contributed by atoms with Gasteiger partial charge in [0.25, 0.3) is 0 Å². The smallest absolute Gasteiger partial charge is 0.406 e. The topological polar surface area (TPSA) is 84.8 Å². The van der Waals surface area contributed by atoms with Crippen LogP contribution < -0.4 is 15.4 Å². The fourth-order valence-corrected chi connectivity index (χ4v) is 7.83. The summed E-state index contributed by atoms with van der Waals surface area (Å²) in [5.74, 6) is 5.71. The molecule has 0 bridgehead atoms. The van der Waals surface area contributed by atoms with Crippen LogP contribution in [0.25, 0.3) is 10.9 Å². The maximum Gasteiger partial charge on any atom is 0.406 e. The highest BCUT2D eigenvalue weighted by atomic mass is 32.2. The third kappa shape index (κ3) is 7.82. The highest BCUT2D eigenvalue weighted by Gasteiger charge is 2.46. The van der Waals surface area contributed by atoms with Crippen LogP contribution in [0.5, 0.6) is 5.75 Å². The molecule has 2 saturated heterocycles. The van der Waals surface area contributed by atoms with Crippen molar-refractivity contribution in [3.05, 3.63) is 48.2 Å². The van der Waals surface area contributed by atoms with Gasteiger partial charge in [-0.05, 0) is 74.8 Å². The second-order valence-electron chi connectivity index (χ2n) is 13.0. The lowest BCUT2D eigenvalue weighted by Crippen LogP contribution is -2.62. The summed E-state index contributed by atoms with van der Waals surface area (Å²) in [7, 11) is -3.54. The molecule has 1 aliphatic carbocycles. The minimum absolute atomic E-state index is 0.00528. The fourth-order valence-electron chi connectivity index (χ4n) is 7.19. The largest absolute Gasteiger partial charge is 0.461 e. The Bertz CT molecular complexity index is 1740. The zero-order chi connectivity index (χ0) is 33.2. The van der Waals surface area contributed by atoms with Gasteiger partial charge in [0.05, 0.1) is 28.3 Å². The van der Waals surface area contributed by atoms with E-state index in [1.54, 1.807) is 18.2 Å². The lowest BCUT2D eigenvalue weighted by atomic mass is 9.71. The molecule has 13 heteroatoms. The normalized spacial score (nSPS) is 21.6. The Hall–Kier alpha value is -3.47. The summed E-state index contributed by atoms with van der Waals surface area (Å²) in [6.45, 7) is 1.69. The second-order valence-corrected chi connectivity index (χ2v) is 15.0. The van der Waals surface area contributed by atoms with Crippen LogP contribution >= 0.6 is 0 Å². The molecule has 3 aromatic rings. The average Bonchev–Trinajstić information content (AvgIpc) is 3.35. The first kappa shape index (κ1) is 33.4. The quantitative estimate of drug-likeness (QED) is 0.206. The van der Waals surface area contributed by atoms with Crippen LogP contribution in [0.15, 0.2) is 47.4 Å². The van der Waals surface area contributed by atoms with Crippen molar-refractivity contribution in [2.24, 2.45) is 5.41 Å². The molecule has 6 rings (SSSR count). The molecule has 0 amide bonds. The van der Waals surface area contributed by atoms with Gasteiger partial charge in [-0.15, -0.1) is 0 Å². The average molecular weight is 677 g/mol. The predicted molar refractivity (Wildman–Crippen MR) is 173 cm³/mol. The number of hydrogen-bond acceptors (Lipinski definition) is 7. The van der Waals surface area contributed by atoms with Crippen LogP contribution in [0, 0.1) is 17.3 Å². The van der Waals surface area contributed by atoms with Crippen molar-refractivity contribution in [3.8, 4) is 17.6 Å². The standard InChI is InChI=1S/C34H40F4N4O4S/c1-47(43,44)27-11-12-30(32(19-27)46-23-35)39-15-3-4-26-18-28-29(5-2-6-31(28)42(26)22-34(36,37)38)40-24-7-9-25(10-8-24)41-20-33(21-41)13-16-45-17-14-33/h2,5-6,11-12,18-19,24-25,39-40H,7-10,13-17,20-23H2,1H3/t24-,25+. The summed E-state index contributed by atoms with van der Waals surface area (Å²) in [5, 5.41) is 7.24. The van der Waals surface area contributed by atoms with Crippen LogP contribution in [0.2, 0.25) is 0 Å². The molecule has 0 atom stereocenters. The number of ether oxygens (including phenoxy) is 2. The molecular formula is C34H40F4N4O4S. The van der Waals surface area contributed by atoms with Crippen molar-refractivity contribution in [1.82, 2.24) is 9.47 Å². The molecule has 3 fully saturated rings. The van der Waals surface area contributed by atoms with E-state index >= 15 is 0 Å². The summed E-state index contributed by atoms with van der Waals surface area (Å²) < 4.78 is 89.5. The molecule has 0 radical (unpaired) electrons. The Morgan fingerprint density at radius 3 is 2.47 bits per heavy atom. The Kier molecular flexibility index (Phi) is 9.65. The molecule has 47 heavy (non-hydrogen) atoms. The number of likely N-dealkylation sites (tertiary alicyclic amines) is 1. The van der Waals surface area contributed by atoms with Crippen molar-refractivity contribution in [2.75, 3.05) is 56.6 Å². The van der Waals surface area contributed by atoms with Gasteiger partial charge < -0.3 is 24.7 Å². The van der Waals surface area contributed by atoms with Gasteiger partial charge in [-0.1, -0.05) is 12.0 Å². The monoisotopic (exact) mass is 676 g/mol. The number of sulfone groups is 1. The van der Waals surface area contributed by atoms with Gasteiger partial charge in [0, 0.05) is 67.2 Å². The molecule has 1 spiro atoms. The number of hydrogen-bond donors (Lipinski definition) is 2. The molecular weight excluding hydrogens is 636 g/mol. The van der Waals surface area contributed by atoms with Crippen molar-refractivity contribution in [1.29, 1.82) is 0 Å². The molecule has 1 saturated carbocycles. The molecule has 2 N–H and O–H groups in total. The van der Waals surface area contributed by atoms with Gasteiger partial charge in [0.15, 0.2) is 9.84 Å². The zero-order valence-electron chi connectivity index (χ0n) is 26.3. The van der Waals surface area contributed by atoms with Gasteiger partial charge in [0.2, 0.25) is 6.86 Å². The highest BCUT2D eigenvalue weighted by Crippen LogP contribution is 2.43. The van der Waals surface area contributed by atoms with Crippen LogP contribution in [0.3, 0.4) is 0 Å². The predicted octanol–water partition coefficient (Wildman–Crippen LogP) is 6.21.